The molecule has 6 heteroatoms. The second-order valence-electron chi connectivity index (χ2n) is 3.85. The van der Waals surface area contributed by atoms with E-state index in [0.29, 0.717) is 5.95 Å². The fraction of sp³-hybridized carbons (Fsp3) is 0.417. The largest absolute Gasteiger partial charge is 0.369 e. The minimum Gasteiger partial charge on any atom is -0.369 e. The first kappa shape index (κ1) is 12.8. The minimum absolute atomic E-state index is 0.675. The van der Waals surface area contributed by atoms with Crippen LogP contribution in [0.2, 0.25) is 0 Å². The van der Waals surface area contributed by atoms with Crippen LogP contribution in [0.15, 0.2) is 17.6 Å². The molecule has 0 spiro atoms. The van der Waals surface area contributed by atoms with Gasteiger partial charge in [-0.25, -0.2) is 9.97 Å². The second-order valence-corrected chi connectivity index (χ2v) is 4.83. The van der Waals surface area contributed by atoms with Gasteiger partial charge in [0.25, 0.3) is 0 Å². The molecule has 0 aliphatic heterocycles. The molecule has 2 rings (SSSR count). The lowest BCUT2D eigenvalue weighted by Gasteiger charge is -2.08. The normalized spacial score (nSPS) is 10.3. The molecule has 2 aromatic rings. The zero-order valence-electron chi connectivity index (χ0n) is 10.6. The van der Waals surface area contributed by atoms with Crippen molar-refractivity contribution in [2.75, 3.05) is 23.7 Å². The summed E-state index contributed by atoms with van der Waals surface area (Å²) in [5.41, 5.74) is 0.956. The Bertz CT molecular complexity index is 483. The number of aryl methyl sites for hydroxylation is 1. The lowest BCUT2D eigenvalue weighted by Crippen LogP contribution is -2.09. The number of aromatic nitrogens is 3. The smallest absolute Gasteiger partial charge is 0.224 e. The van der Waals surface area contributed by atoms with Gasteiger partial charge in [-0.3, -0.25) is 0 Å². The van der Waals surface area contributed by atoms with Gasteiger partial charge in [0.1, 0.15) is 5.82 Å². The Morgan fingerprint density at radius 2 is 2.17 bits per heavy atom. The van der Waals surface area contributed by atoms with E-state index < -0.39 is 0 Å². The molecular formula is C12H17N5S. The van der Waals surface area contributed by atoms with Crippen molar-refractivity contribution in [3.05, 3.63) is 28.3 Å². The summed E-state index contributed by atoms with van der Waals surface area (Å²) in [5, 5.41) is 9.55. The van der Waals surface area contributed by atoms with Crippen LogP contribution >= 0.6 is 11.3 Å². The Morgan fingerprint density at radius 3 is 2.89 bits per heavy atom. The Balaban J connectivity index is 1.92. The number of rotatable bonds is 6. The number of hydrogen-bond acceptors (Lipinski definition) is 6. The SMILES string of the molecule is CCNc1nc(C)cc(NCCc2nccs2)n1. The van der Waals surface area contributed by atoms with Gasteiger partial charge in [-0.2, -0.15) is 4.98 Å². The number of nitrogens with zero attached hydrogens (tertiary/aromatic N) is 3. The molecule has 2 heterocycles. The summed E-state index contributed by atoms with van der Waals surface area (Å²) in [6.07, 6.45) is 2.75. The molecule has 5 nitrogen and oxygen atoms in total. The van der Waals surface area contributed by atoms with Crippen LogP contribution in [0.3, 0.4) is 0 Å². The van der Waals surface area contributed by atoms with Gasteiger partial charge >= 0.3 is 0 Å². The van der Waals surface area contributed by atoms with Crippen LogP contribution < -0.4 is 10.6 Å². The highest BCUT2D eigenvalue weighted by atomic mass is 32.1. The zero-order chi connectivity index (χ0) is 12.8. The van der Waals surface area contributed by atoms with E-state index in [4.69, 9.17) is 0 Å². The standard InChI is InChI=1S/C12H17N5S/c1-3-13-12-16-9(2)8-10(17-12)14-5-4-11-15-6-7-18-11/h6-8H,3-5H2,1-2H3,(H2,13,14,16,17). The van der Waals surface area contributed by atoms with E-state index in [1.807, 2.05) is 31.5 Å². The van der Waals surface area contributed by atoms with Crippen molar-refractivity contribution in [1.82, 2.24) is 15.0 Å². The van der Waals surface area contributed by atoms with Gasteiger partial charge in [-0.05, 0) is 13.8 Å². The van der Waals surface area contributed by atoms with E-state index >= 15 is 0 Å². The third kappa shape index (κ3) is 3.66. The second kappa shape index (κ2) is 6.30. The molecule has 2 N–H and O–H groups in total. The number of anilines is 2. The minimum atomic E-state index is 0.675. The maximum Gasteiger partial charge on any atom is 0.224 e. The number of thiazole rings is 1. The molecule has 0 bridgehead atoms. The molecular weight excluding hydrogens is 246 g/mol. The van der Waals surface area contributed by atoms with Crippen molar-refractivity contribution >= 4 is 23.1 Å². The van der Waals surface area contributed by atoms with Crippen LogP contribution in [0.5, 0.6) is 0 Å². The molecule has 0 aliphatic carbocycles. The summed E-state index contributed by atoms with van der Waals surface area (Å²) in [6, 6.07) is 1.95. The molecule has 0 fully saturated rings. The molecule has 0 aliphatic rings. The topological polar surface area (TPSA) is 62.7 Å². The van der Waals surface area contributed by atoms with E-state index in [-0.39, 0.29) is 0 Å². The molecule has 0 saturated heterocycles. The first-order chi connectivity index (χ1) is 8.78. The van der Waals surface area contributed by atoms with Gasteiger partial charge in [0.05, 0.1) is 5.01 Å². The van der Waals surface area contributed by atoms with Crippen molar-refractivity contribution in [1.29, 1.82) is 0 Å². The van der Waals surface area contributed by atoms with E-state index in [0.717, 1.165) is 36.0 Å². The highest BCUT2D eigenvalue weighted by Crippen LogP contribution is 2.10. The van der Waals surface area contributed by atoms with Crippen molar-refractivity contribution in [3.63, 3.8) is 0 Å². The van der Waals surface area contributed by atoms with Gasteiger partial charge in [-0.15, -0.1) is 11.3 Å². The fourth-order valence-electron chi connectivity index (χ4n) is 1.57. The maximum atomic E-state index is 4.39. The molecule has 0 radical (unpaired) electrons. The van der Waals surface area contributed by atoms with E-state index in [9.17, 15) is 0 Å². The molecule has 2 aromatic heterocycles. The van der Waals surface area contributed by atoms with E-state index in [1.54, 1.807) is 11.3 Å². The first-order valence-corrected chi connectivity index (χ1v) is 6.87. The quantitative estimate of drug-likeness (QED) is 0.837. The maximum absolute atomic E-state index is 4.39. The monoisotopic (exact) mass is 263 g/mol. The van der Waals surface area contributed by atoms with Gasteiger partial charge in [-0.1, -0.05) is 0 Å². The highest BCUT2D eigenvalue weighted by molar-refractivity contribution is 7.09. The molecule has 0 unspecified atom stereocenters. The third-order valence-corrected chi connectivity index (χ3v) is 3.16. The molecule has 0 saturated carbocycles. The average molecular weight is 263 g/mol. The van der Waals surface area contributed by atoms with Crippen LogP contribution in [-0.4, -0.2) is 28.0 Å². The lowest BCUT2D eigenvalue weighted by molar-refractivity contribution is 0.974. The number of nitrogens with one attached hydrogen (secondary N) is 2. The third-order valence-electron chi connectivity index (χ3n) is 2.32. The lowest BCUT2D eigenvalue weighted by atomic mass is 10.4. The van der Waals surface area contributed by atoms with Crippen molar-refractivity contribution < 1.29 is 0 Å². The summed E-state index contributed by atoms with van der Waals surface area (Å²) < 4.78 is 0. The van der Waals surface area contributed by atoms with Crippen LogP contribution in [0.1, 0.15) is 17.6 Å². The van der Waals surface area contributed by atoms with Gasteiger partial charge in [0, 0.05) is 42.8 Å². The van der Waals surface area contributed by atoms with Gasteiger partial charge in [0.2, 0.25) is 5.95 Å². The molecule has 0 atom stereocenters. The summed E-state index contributed by atoms with van der Waals surface area (Å²) in [4.78, 5) is 12.9. The Morgan fingerprint density at radius 1 is 1.28 bits per heavy atom. The zero-order valence-corrected chi connectivity index (χ0v) is 11.4. The van der Waals surface area contributed by atoms with Gasteiger partial charge in [0.15, 0.2) is 0 Å². The van der Waals surface area contributed by atoms with Crippen molar-refractivity contribution in [3.8, 4) is 0 Å². The average Bonchev–Trinajstić information content (AvgIpc) is 2.82. The van der Waals surface area contributed by atoms with Crippen LogP contribution in [0.25, 0.3) is 0 Å². The predicted octanol–water partition coefficient (Wildman–Crippen LogP) is 2.33. The first-order valence-electron chi connectivity index (χ1n) is 5.99. The summed E-state index contributed by atoms with van der Waals surface area (Å²) in [7, 11) is 0. The predicted molar refractivity (Wildman–Crippen MR) is 75.2 cm³/mol. The van der Waals surface area contributed by atoms with Crippen LogP contribution in [-0.2, 0) is 6.42 Å². The molecule has 0 amide bonds. The van der Waals surface area contributed by atoms with Gasteiger partial charge < -0.3 is 10.6 Å². The number of hydrogen-bond donors (Lipinski definition) is 2. The molecule has 18 heavy (non-hydrogen) atoms. The van der Waals surface area contributed by atoms with E-state index in [1.165, 1.54) is 0 Å². The summed E-state index contributed by atoms with van der Waals surface area (Å²) in [6.45, 7) is 5.65. The Labute approximate surface area is 111 Å². The Kier molecular flexibility index (Phi) is 4.46. The van der Waals surface area contributed by atoms with Crippen LogP contribution in [0, 0.1) is 6.92 Å². The van der Waals surface area contributed by atoms with Crippen molar-refractivity contribution in [2.45, 2.75) is 20.3 Å². The highest BCUT2D eigenvalue weighted by Gasteiger charge is 2.01. The van der Waals surface area contributed by atoms with Crippen LogP contribution in [0.4, 0.5) is 11.8 Å². The summed E-state index contributed by atoms with van der Waals surface area (Å²) >= 11 is 1.68. The molecule has 0 aromatic carbocycles. The summed E-state index contributed by atoms with van der Waals surface area (Å²) in [5.74, 6) is 1.53. The van der Waals surface area contributed by atoms with E-state index in [2.05, 4.69) is 25.6 Å². The Hall–Kier alpha value is -1.69. The van der Waals surface area contributed by atoms with Crippen molar-refractivity contribution in [2.24, 2.45) is 0 Å². The fourth-order valence-corrected chi connectivity index (χ4v) is 2.19. The molecule has 96 valence electrons.